The molecule has 1 aliphatic rings. The molecule has 0 aliphatic heterocycles. The smallest absolute Gasteiger partial charge is 0.120 e. The van der Waals surface area contributed by atoms with Gasteiger partial charge in [0.15, 0.2) is 0 Å². The first kappa shape index (κ1) is 7.04. The quantitative estimate of drug-likeness (QED) is 0.630. The molecule has 0 bridgehead atoms. The van der Waals surface area contributed by atoms with E-state index in [9.17, 15) is 4.79 Å². The van der Waals surface area contributed by atoms with E-state index in [1.54, 1.807) is 11.3 Å². The van der Waals surface area contributed by atoms with E-state index in [-0.39, 0.29) is 5.41 Å². The first-order chi connectivity index (χ1) is 5.37. The van der Waals surface area contributed by atoms with Gasteiger partial charge >= 0.3 is 0 Å². The van der Waals surface area contributed by atoms with Gasteiger partial charge in [-0.05, 0) is 35.2 Å². The van der Waals surface area contributed by atoms with Gasteiger partial charge in [0.1, 0.15) is 6.29 Å². The normalized spacial score (nSPS) is 19.6. The Labute approximate surface area is 70.1 Å². The summed E-state index contributed by atoms with van der Waals surface area (Å²) in [7, 11) is 0. The molecule has 0 radical (unpaired) electrons. The van der Waals surface area contributed by atoms with Gasteiger partial charge in [0, 0.05) is 11.8 Å². The highest BCUT2D eigenvalue weighted by atomic mass is 32.1. The molecule has 1 heterocycles. The van der Waals surface area contributed by atoms with Crippen LogP contribution in [0.5, 0.6) is 0 Å². The summed E-state index contributed by atoms with van der Waals surface area (Å²) < 4.78 is 0. The molecular formula is C9H10OS. The summed E-state index contributed by atoms with van der Waals surface area (Å²) in [4.78, 5) is 10.4. The van der Waals surface area contributed by atoms with Crippen molar-refractivity contribution in [3.63, 3.8) is 0 Å². The van der Waals surface area contributed by atoms with Crippen LogP contribution in [-0.2, 0) is 10.2 Å². The summed E-state index contributed by atoms with van der Waals surface area (Å²) in [6, 6.07) is 2.14. The second kappa shape index (κ2) is 2.45. The highest BCUT2D eigenvalue weighted by Crippen LogP contribution is 2.50. The van der Waals surface area contributed by atoms with Crippen LogP contribution in [0.4, 0.5) is 0 Å². The van der Waals surface area contributed by atoms with Gasteiger partial charge in [-0.25, -0.2) is 0 Å². The van der Waals surface area contributed by atoms with Crippen molar-refractivity contribution < 1.29 is 4.79 Å². The molecule has 0 atom stereocenters. The van der Waals surface area contributed by atoms with E-state index < -0.39 is 0 Å². The molecule has 1 saturated carbocycles. The zero-order valence-electron chi connectivity index (χ0n) is 6.25. The van der Waals surface area contributed by atoms with E-state index in [0.717, 1.165) is 6.29 Å². The maximum absolute atomic E-state index is 10.4. The predicted octanol–water partition coefficient (Wildman–Crippen LogP) is 2.37. The molecule has 0 spiro atoms. The van der Waals surface area contributed by atoms with Crippen molar-refractivity contribution in [3.8, 4) is 0 Å². The lowest BCUT2D eigenvalue weighted by atomic mass is 9.96. The molecule has 2 rings (SSSR count). The largest absolute Gasteiger partial charge is 0.303 e. The fourth-order valence-corrected chi connectivity index (χ4v) is 2.27. The van der Waals surface area contributed by atoms with E-state index in [4.69, 9.17) is 0 Å². The van der Waals surface area contributed by atoms with Crippen molar-refractivity contribution >= 4 is 17.6 Å². The molecule has 0 saturated heterocycles. The van der Waals surface area contributed by atoms with Crippen LogP contribution in [0.1, 0.15) is 24.8 Å². The average Bonchev–Trinajstić information content (AvgIpc) is 2.63. The molecule has 1 aromatic rings. The third-order valence-electron chi connectivity index (χ3n) is 2.46. The van der Waals surface area contributed by atoms with Gasteiger partial charge in [0.2, 0.25) is 0 Å². The molecule has 1 fully saturated rings. The number of thiophene rings is 1. The van der Waals surface area contributed by atoms with Crippen LogP contribution in [0.25, 0.3) is 0 Å². The van der Waals surface area contributed by atoms with Gasteiger partial charge in [0.25, 0.3) is 0 Å². The van der Waals surface area contributed by atoms with Crippen LogP contribution in [-0.4, -0.2) is 6.29 Å². The lowest BCUT2D eigenvalue weighted by molar-refractivity contribution is -0.108. The predicted molar refractivity (Wildman–Crippen MR) is 45.9 cm³/mol. The summed E-state index contributed by atoms with van der Waals surface area (Å²) >= 11 is 1.72. The number of carbonyl (C=O) groups is 1. The fourth-order valence-electron chi connectivity index (χ4n) is 1.49. The van der Waals surface area contributed by atoms with Crippen molar-refractivity contribution in [2.75, 3.05) is 0 Å². The van der Waals surface area contributed by atoms with Gasteiger partial charge in [0.05, 0.1) is 0 Å². The lowest BCUT2D eigenvalue weighted by Gasteiger charge is -2.07. The molecule has 2 heteroatoms. The van der Waals surface area contributed by atoms with Gasteiger partial charge in [-0.15, -0.1) is 0 Å². The summed E-state index contributed by atoms with van der Waals surface area (Å²) in [5.41, 5.74) is 1.64. The van der Waals surface area contributed by atoms with Gasteiger partial charge in [-0.2, -0.15) is 11.3 Å². The van der Waals surface area contributed by atoms with Crippen molar-refractivity contribution in [2.45, 2.75) is 24.7 Å². The highest BCUT2D eigenvalue weighted by molar-refractivity contribution is 7.08. The fraction of sp³-hybridized carbons (Fsp3) is 0.444. The van der Waals surface area contributed by atoms with Crippen molar-refractivity contribution in [2.24, 2.45) is 0 Å². The summed E-state index contributed by atoms with van der Waals surface area (Å²) in [6.07, 6.45) is 4.15. The minimum absolute atomic E-state index is 0.266. The molecule has 0 aromatic carbocycles. The van der Waals surface area contributed by atoms with Crippen LogP contribution in [0.2, 0.25) is 0 Å². The Bertz CT molecular complexity index is 247. The minimum atomic E-state index is 0.266. The standard InChI is InChI=1S/C9H10OS/c10-5-4-9(2-3-9)8-1-6-11-7-8/h1,5-7H,2-4H2. The summed E-state index contributed by atoms with van der Waals surface area (Å²) in [5.74, 6) is 0. The zero-order valence-corrected chi connectivity index (χ0v) is 7.06. The first-order valence-corrected chi connectivity index (χ1v) is 4.78. The Morgan fingerprint density at radius 3 is 2.91 bits per heavy atom. The molecule has 0 N–H and O–H groups in total. The zero-order chi connectivity index (χ0) is 7.73. The maximum atomic E-state index is 10.4. The van der Waals surface area contributed by atoms with Crippen molar-refractivity contribution in [3.05, 3.63) is 22.4 Å². The van der Waals surface area contributed by atoms with E-state index in [1.807, 2.05) is 0 Å². The molecule has 1 aliphatic carbocycles. The third-order valence-corrected chi connectivity index (χ3v) is 3.14. The molecule has 0 unspecified atom stereocenters. The molecule has 1 nitrogen and oxygen atoms in total. The van der Waals surface area contributed by atoms with E-state index >= 15 is 0 Å². The Kier molecular flexibility index (Phi) is 1.57. The number of hydrogen-bond acceptors (Lipinski definition) is 2. The Hall–Kier alpha value is -0.630. The van der Waals surface area contributed by atoms with Crippen LogP contribution in [0.3, 0.4) is 0 Å². The number of hydrogen-bond donors (Lipinski definition) is 0. The third kappa shape index (κ3) is 1.11. The summed E-state index contributed by atoms with van der Waals surface area (Å²) in [6.45, 7) is 0. The van der Waals surface area contributed by atoms with Crippen LogP contribution >= 0.6 is 11.3 Å². The number of aldehydes is 1. The van der Waals surface area contributed by atoms with Gasteiger partial charge in [-0.3, -0.25) is 0 Å². The first-order valence-electron chi connectivity index (χ1n) is 3.84. The van der Waals surface area contributed by atoms with E-state index in [0.29, 0.717) is 6.42 Å². The van der Waals surface area contributed by atoms with E-state index in [1.165, 1.54) is 18.4 Å². The molecule has 58 valence electrons. The summed E-state index contributed by atoms with van der Waals surface area (Å²) in [5, 5.41) is 4.25. The number of rotatable bonds is 3. The van der Waals surface area contributed by atoms with E-state index in [2.05, 4.69) is 16.8 Å². The minimum Gasteiger partial charge on any atom is -0.303 e. The van der Waals surface area contributed by atoms with Crippen LogP contribution in [0.15, 0.2) is 16.8 Å². The Morgan fingerprint density at radius 2 is 2.45 bits per heavy atom. The molecule has 11 heavy (non-hydrogen) atoms. The second-order valence-electron chi connectivity index (χ2n) is 3.16. The molecule has 1 aromatic heterocycles. The van der Waals surface area contributed by atoms with Crippen LogP contribution in [0, 0.1) is 0 Å². The lowest BCUT2D eigenvalue weighted by Crippen LogP contribution is -2.04. The SMILES string of the molecule is O=CCC1(c2ccsc2)CC1. The van der Waals surface area contributed by atoms with Gasteiger partial charge < -0.3 is 4.79 Å². The van der Waals surface area contributed by atoms with Gasteiger partial charge in [-0.1, -0.05) is 0 Å². The Morgan fingerprint density at radius 1 is 1.64 bits per heavy atom. The van der Waals surface area contributed by atoms with Crippen molar-refractivity contribution in [1.82, 2.24) is 0 Å². The number of carbonyl (C=O) groups excluding carboxylic acids is 1. The second-order valence-corrected chi connectivity index (χ2v) is 3.94. The molecule has 0 amide bonds. The van der Waals surface area contributed by atoms with Crippen LogP contribution < -0.4 is 0 Å². The topological polar surface area (TPSA) is 17.1 Å². The van der Waals surface area contributed by atoms with Crippen molar-refractivity contribution in [1.29, 1.82) is 0 Å². The maximum Gasteiger partial charge on any atom is 0.120 e. The molecular weight excluding hydrogens is 156 g/mol. The average molecular weight is 166 g/mol. The monoisotopic (exact) mass is 166 g/mol. The Balaban J connectivity index is 2.21. The highest BCUT2D eigenvalue weighted by Gasteiger charge is 2.43.